The van der Waals surface area contributed by atoms with E-state index < -0.39 is 0 Å². The number of carbonyl (C=O) groups is 1. The number of carbonyl (C=O) groups excluding carboxylic acids is 1. The largest absolute Gasteiger partial charge is 0.497 e. The molecule has 0 bridgehead atoms. The molecule has 0 spiro atoms. The minimum absolute atomic E-state index is 0.154. The van der Waals surface area contributed by atoms with Crippen molar-refractivity contribution in [1.82, 2.24) is 0 Å². The van der Waals surface area contributed by atoms with Crippen LogP contribution < -0.4 is 18.9 Å². The van der Waals surface area contributed by atoms with E-state index in [0.717, 1.165) is 0 Å². The molecule has 0 saturated carbocycles. The molecule has 0 N–H and O–H groups in total. The average molecular weight is 302 g/mol. The summed E-state index contributed by atoms with van der Waals surface area (Å²) in [5, 5.41) is 0. The van der Waals surface area contributed by atoms with Crippen LogP contribution in [0.2, 0.25) is 0 Å². The van der Waals surface area contributed by atoms with E-state index in [4.69, 9.17) is 18.9 Å². The summed E-state index contributed by atoms with van der Waals surface area (Å²) in [7, 11) is 6.16. The first-order valence-corrected chi connectivity index (χ1v) is 6.62. The molecular formula is C17H18O5. The molecule has 0 saturated heterocycles. The van der Waals surface area contributed by atoms with Crippen LogP contribution in [0.15, 0.2) is 36.4 Å². The summed E-state index contributed by atoms with van der Waals surface area (Å²) in [5.74, 6) is 2.04. The fraction of sp³-hybridized carbons (Fsp3) is 0.235. The lowest BCUT2D eigenvalue weighted by atomic mass is 10.0. The zero-order valence-electron chi connectivity index (χ0n) is 13.0. The molecule has 0 aromatic heterocycles. The third-order valence-corrected chi connectivity index (χ3v) is 3.26. The van der Waals surface area contributed by atoms with Gasteiger partial charge in [0.25, 0.3) is 0 Å². The van der Waals surface area contributed by atoms with Crippen LogP contribution in [0.4, 0.5) is 0 Å². The smallest absolute Gasteiger partial charge is 0.193 e. The lowest BCUT2D eigenvalue weighted by molar-refractivity contribution is 0.103. The summed E-state index contributed by atoms with van der Waals surface area (Å²) in [5.41, 5.74) is 0.969. The Bertz CT molecular complexity index is 656. The zero-order valence-corrected chi connectivity index (χ0v) is 13.0. The minimum atomic E-state index is -0.154. The van der Waals surface area contributed by atoms with Crippen LogP contribution in [-0.4, -0.2) is 34.2 Å². The Morgan fingerprint density at radius 2 is 1.27 bits per heavy atom. The van der Waals surface area contributed by atoms with E-state index in [-0.39, 0.29) is 5.78 Å². The number of hydrogen-bond donors (Lipinski definition) is 0. The molecule has 0 unspecified atom stereocenters. The lowest BCUT2D eigenvalue weighted by Gasteiger charge is -2.10. The van der Waals surface area contributed by atoms with Crippen molar-refractivity contribution in [2.75, 3.05) is 28.4 Å². The van der Waals surface area contributed by atoms with Crippen LogP contribution in [-0.2, 0) is 0 Å². The van der Waals surface area contributed by atoms with Crippen LogP contribution >= 0.6 is 0 Å². The Morgan fingerprint density at radius 1 is 0.682 bits per heavy atom. The minimum Gasteiger partial charge on any atom is -0.497 e. The first kappa shape index (κ1) is 15.7. The average Bonchev–Trinajstić information content (AvgIpc) is 2.59. The van der Waals surface area contributed by atoms with E-state index in [0.29, 0.717) is 34.1 Å². The molecule has 0 atom stereocenters. The lowest BCUT2D eigenvalue weighted by Crippen LogP contribution is -2.03. The maximum absolute atomic E-state index is 12.6. The SMILES string of the molecule is COc1cc(OC)cc(C(=O)c2ccc(OC)c(OC)c2)c1. The van der Waals surface area contributed by atoms with Gasteiger partial charge in [-0.3, -0.25) is 4.79 Å². The van der Waals surface area contributed by atoms with E-state index in [1.54, 1.807) is 57.7 Å². The van der Waals surface area contributed by atoms with Gasteiger partial charge in [0, 0.05) is 17.2 Å². The molecule has 2 aromatic rings. The van der Waals surface area contributed by atoms with Crippen molar-refractivity contribution in [2.24, 2.45) is 0 Å². The summed E-state index contributed by atoms with van der Waals surface area (Å²) in [6.45, 7) is 0. The molecular weight excluding hydrogens is 284 g/mol. The molecule has 0 amide bonds. The zero-order chi connectivity index (χ0) is 16.1. The van der Waals surface area contributed by atoms with Gasteiger partial charge in [-0.05, 0) is 30.3 Å². The number of ketones is 1. The molecule has 5 nitrogen and oxygen atoms in total. The van der Waals surface area contributed by atoms with Crippen molar-refractivity contribution in [3.8, 4) is 23.0 Å². The number of ether oxygens (including phenoxy) is 4. The highest BCUT2D eigenvalue weighted by Crippen LogP contribution is 2.30. The van der Waals surface area contributed by atoms with Crippen molar-refractivity contribution >= 4 is 5.78 Å². The second kappa shape index (κ2) is 6.85. The Balaban J connectivity index is 2.43. The number of rotatable bonds is 6. The molecule has 116 valence electrons. The molecule has 0 radical (unpaired) electrons. The Kier molecular flexibility index (Phi) is 4.88. The van der Waals surface area contributed by atoms with Crippen molar-refractivity contribution in [1.29, 1.82) is 0 Å². The summed E-state index contributed by atoms with van der Waals surface area (Å²) >= 11 is 0. The Morgan fingerprint density at radius 3 is 1.77 bits per heavy atom. The fourth-order valence-corrected chi connectivity index (χ4v) is 2.08. The maximum Gasteiger partial charge on any atom is 0.193 e. The van der Waals surface area contributed by atoms with Crippen LogP contribution in [0.25, 0.3) is 0 Å². The third kappa shape index (κ3) is 3.14. The third-order valence-electron chi connectivity index (χ3n) is 3.26. The monoisotopic (exact) mass is 302 g/mol. The van der Waals surface area contributed by atoms with Crippen molar-refractivity contribution in [2.45, 2.75) is 0 Å². The van der Waals surface area contributed by atoms with Crippen LogP contribution in [0, 0.1) is 0 Å². The van der Waals surface area contributed by atoms with Crippen molar-refractivity contribution in [3.05, 3.63) is 47.5 Å². The molecule has 2 aromatic carbocycles. The fourth-order valence-electron chi connectivity index (χ4n) is 2.08. The van der Waals surface area contributed by atoms with Crippen LogP contribution in [0.1, 0.15) is 15.9 Å². The topological polar surface area (TPSA) is 54.0 Å². The molecule has 0 aliphatic rings. The van der Waals surface area contributed by atoms with Crippen molar-refractivity contribution < 1.29 is 23.7 Å². The Hall–Kier alpha value is -2.69. The van der Waals surface area contributed by atoms with E-state index in [9.17, 15) is 4.79 Å². The highest BCUT2D eigenvalue weighted by molar-refractivity contribution is 6.09. The molecule has 22 heavy (non-hydrogen) atoms. The molecule has 5 heteroatoms. The van der Waals surface area contributed by atoms with Gasteiger partial charge in [-0.25, -0.2) is 0 Å². The van der Waals surface area contributed by atoms with Gasteiger partial charge >= 0.3 is 0 Å². The van der Waals surface area contributed by atoms with Crippen LogP contribution in [0.5, 0.6) is 23.0 Å². The van der Waals surface area contributed by atoms with Gasteiger partial charge in [-0.1, -0.05) is 0 Å². The molecule has 0 heterocycles. The highest BCUT2D eigenvalue weighted by atomic mass is 16.5. The van der Waals surface area contributed by atoms with E-state index in [1.165, 1.54) is 7.11 Å². The summed E-state index contributed by atoms with van der Waals surface area (Å²) in [4.78, 5) is 12.6. The molecule has 2 rings (SSSR count). The number of hydrogen-bond acceptors (Lipinski definition) is 5. The molecule has 0 fully saturated rings. The van der Waals surface area contributed by atoms with Gasteiger partial charge in [0.1, 0.15) is 11.5 Å². The summed E-state index contributed by atoms with van der Waals surface area (Å²) in [6.07, 6.45) is 0. The quantitative estimate of drug-likeness (QED) is 0.768. The first-order chi connectivity index (χ1) is 10.6. The van der Waals surface area contributed by atoms with E-state index in [2.05, 4.69) is 0 Å². The number of benzene rings is 2. The number of methoxy groups -OCH3 is 4. The van der Waals surface area contributed by atoms with Gasteiger partial charge < -0.3 is 18.9 Å². The van der Waals surface area contributed by atoms with Gasteiger partial charge in [-0.2, -0.15) is 0 Å². The van der Waals surface area contributed by atoms with Crippen LogP contribution in [0.3, 0.4) is 0 Å². The summed E-state index contributed by atoms with van der Waals surface area (Å²) < 4.78 is 20.8. The van der Waals surface area contributed by atoms with Gasteiger partial charge in [-0.15, -0.1) is 0 Å². The van der Waals surface area contributed by atoms with Gasteiger partial charge in [0.15, 0.2) is 17.3 Å². The normalized spacial score (nSPS) is 10.0. The predicted molar refractivity (Wildman–Crippen MR) is 82.5 cm³/mol. The van der Waals surface area contributed by atoms with Gasteiger partial charge in [0.05, 0.1) is 28.4 Å². The summed E-state index contributed by atoms with van der Waals surface area (Å²) in [6, 6.07) is 10.1. The molecule has 0 aliphatic carbocycles. The van der Waals surface area contributed by atoms with E-state index >= 15 is 0 Å². The van der Waals surface area contributed by atoms with E-state index in [1.807, 2.05) is 0 Å². The first-order valence-electron chi connectivity index (χ1n) is 6.62. The highest BCUT2D eigenvalue weighted by Gasteiger charge is 2.15. The standard InChI is InChI=1S/C17H18O5/c1-19-13-7-12(8-14(10-13)20-2)17(18)11-5-6-15(21-3)16(9-11)22-4/h5-10H,1-4H3. The van der Waals surface area contributed by atoms with Gasteiger partial charge in [0.2, 0.25) is 0 Å². The second-order valence-electron chi connectivity index (χ2n) is 4.50. The van der Waals surface area contributed by atoms with Crippen molar-refractivity contribution in [3.63, 3.8) is 0 Å². The maximum atomic E-state index is 12.6. The Labute approximate surface area is 129 Å². The molecule has 0 aliphatic heterocycles. The predicted octanol–water partition coefficient (Wildman–Crippen LogP) is 2.95. The second-order valence-corrected chi connectivity index (χ2v) is 4.50.